The Morgan fingerprint density at radius 2 is 2.07 bits per heavy atom. The van der Waals surface area contributed by atoms with E-state index in [-0.39, 0.29) is 12.4 Å². The molecule has 1 heterocycles. The summed E-state index contributed by atoms with van der Waals surface area (Å²) in [6.07, 6.45) is 1.83. The van der Waals surface area contributed by atoms with E-state index in [1.165, 1.54) is 0 Å². The van der Waals surface area contributed by atoms with E-state index >= 15 is 0 Å². The third kappa shape index (κ3) is 2.53. The highest BCUT2D eigenvalue weighted by Gasteiger charge is 2.19. The molecule has 0 radical (unpaired) electrons. The van der Waals surface area contributed by atoms with Crippen molar-refractivity contribution in [3.05, 3.63) is 40.6 Å². The zero-order chi connectivity index (χ0) is 10.7. The van der Waals surface area contributed by atoms with Crippen LogP contribution in [0.2, 0.25) is 0 Å². The molecule has 0 bridgehead atoms. The number of allylic oxidation sites excluding steroid dienone is 1. The number of nitrogens with zero attached hydrogens (tertiary/aromatic N) is 1. The molecule has 76 valence electrons. The van der Waals surface area contributed by atoms with Crippen molar-refractivity contribution in [3.8, 4) is 0 Å². The van der Waals surface area contributed by atoms with E-state index in [4.69, 9.17) is 4.74 Å². The number of hydrogen-bond donors (Lipinski definition) is 0. The normalized spacial score (nSPS) is 16.2. The van der Waals surface area contributed by atoms with Crippen LogP contribution in [0.3, 0.4) is 0 Å². The molecule has 3 nitrogen and oxygen atoms in total. The molecule has 1 aliphatic rings. The number of esters is 1. The Morgan fingerprint density at radius 3 is 2.67 bits per heavy atom. The fraction of sp³-hybridized carbons (Fsp3) is 0.0909. The molecule has 0 aliphatic carbocycles. The number of halogens is 1. The monoisotopic (exact) mass is 265 g/mol. The highest BCUT2D eigenvalue weighted by molar-refractivity contribution is 9.11. The molecule has 4 heteroatoms. The van der Waals surface area contributed by atoms with Crippen molar-refractivity contribution in [2.24, 2.45) is 4.99 Å². The first-order valence-corrected chi connectivity index (χ1v) is 5.23. The quantitative estimate of drug-likeness (QED) is 0.609. The van der Waals surface area contributed by atoms with Crippen LogP contribution in [0.5, 0.6) is 0 Å². The van der Waals surface area contributed by atoms with Gasteiger partial charge in [0.15, 0.2) is 5.76 Å². The zero-order valence-corrected chi connectivity index (χ0v) is 9.40. The van der Waals surface area contributed by atoms with Crippen molar-refractivity contribution in [1.29, 1.82) is 0 Å². The average Bonchev–Trinajstić information content (AvgIpc) is 2.56. The van der Waals surface area contributed by atoms with E-state index in [9.17, 15) is 4.79 Å². The Hall–Kier alpha value is -1.42. The lowest BCUT2D eigenvalue weighted by Crippen LogP contribution is -1.93. The predicted octanol–water partition coefficient (Wildman–Crippen LogP) is 2.94. The minimum Gasteiger partial charge on any atom is -0.424 e. The van der Waals surface area contributed by atoms with Crippen LogP contribution >= 0.6 is 15.9 Å². The topological polar surface area (TPSA) is 38.7 Å². The molecular formula is C11H8BrNO2. The number of cyclic esters (lactones) is 1. The van der Waals surface area contributed by atoms with E-state index in [1.807, 2.05) is 30.3 Å². The smallest absolute Gasteiger partial charge is 0.316 e. The van der Waals surface area contributed by atoms with Gasteiger partial charge in [-0.3, -0.25) is 9.79 Å². The van der Waals surface area contributed by atoms with Crippen LogP contribution in [-0.2, 0) is 9.53 Å². The summed E-state index contributed by atoms with van der Waals surface area (Å²) in [5.74, 6) is 0.236. The average molecular weight is 266 g/mol. The van der Waals surface area contributed by atoms with Crippen molar-refractivity contribution in [2.75, 3.05) is 0 Å². The number of para-hydroxylation sites is 1. The Labute approximate surface area is 95.6 Å². The highest BCUT2D eigenvalue weighted by atomic mass is 79.9. The fourth-order valence-corrected chi connectivity index (χ4v) is 1.58. The second-order valence-corrected chi connectivity index (χ2v) is 3.97. The molecule has 0 spiro atoms. The van der Waals surface area contributed by atoms with Gasteiger partial charge in [-0.05, 0) is 12.1 Å². The molecule has 0 fully saturated rings. The van der Waals surface area contributed by atoms with E-state index < -0.39 is 0 Å². The minimum atomic E-state index is -0.253. The summed E-state index contributed by atoms with van der Waals surface area (Å²) in [7, 11) is 0. The maximum absolute atomic E-state index is 10.9. The molecule has 0 amide bonds. The van der Waals surface area contributed by atoms with Crippen LogP contribution in [0.4, 0.5) is 5.69 Å². The Morgan fingerprint density at radius 1 is 1.33 bits per heavy atom. The van der Waals surface area contributed by atoms with Crippen molar-refractivity contribution in [1.82, 2.24) is 0 Å². The van der Waals surface area contributed by atoms with E-state index in [0.717, 1.165) is 10.2 Å². The van der Waals surface area contributed by atoms with Crippen LogP contribution in [-0.4, -0.2) is 12.2 Å². The third-order valence-corrected chi connectivity index (χ3v) is 2.55. The number of ether oxygens (including phenoxy) is 1. The molecule has 0 aromatic heterocycles. The summed E-state index contributed by atoms with van der Waals surface area (Å²) in [6.45, 7) is 0. The number of benzene rings is 1. The molecule has 1 aromatic carbocycles. The van der Waals surface area contributed by atoms with Gasteiger partial charge in [0.05, 0.1) is 22.8 Å². The second-order valence-electron chi connectivity index (χ2n) is 3.01. The SMILES string of the molecule is O=C1CC(Br)=C(C=Nc2ccccc2)O1. The van der Waals surface area contributed by atoms with Crippen LogP contribution in [0.15, 0.2) is 45.6 Å². The summed E-state index contributed by atoms with van der Waals surface area (Å²) in [6, 6.07) is 9.47. The molecule has 1 aliphatic heterocycles. The number of aliphatic imine (C=N–C) groups is 1. The molecule has 2 rings (SSSR count). The number of carbonyl (C=O) groups is 1. The highest BCUT2D eigenvalue weighted by Crippen LogP contribution is 2.24. The maximum Gasteiger partial charge on any atom is 0.316 e. The third-order valence-electron chi connectivity index (χ3n) is 1.88. The molecule has 0 saturated carbocycles. The molecule has 0 unspecified atom stereocenters. The zero-order valence-electron chi connectivity index (χ0n) is 7.81. The van der Waals surface area contributed by atoms with Gasteiger partial charge in [-0.25, -0.2) is 0 Å². The Bertz CT molecular complexity index is 437. The predicted molar refractivity (Wildman–Crippen MR) is 61.3 cm³/mol. The van der Waals surface area contributed by atoms with E-state index in [2.05, 4.69) is 20.9 Å². The van der Waals surface area contributed by atoms with Crippen LogP contribution in [0.25, 0.3) is 0 Å². The van der Waals surface area contributed by atoms with Gasteiger partial charge in [0.1, 0.15) is 0 Å². The van der Waals surface area contributed by atoms with Gasteiger partial charge in [-0.2, -0.15) is 0 Å². The van der Waals surface area contributed by atoms with Crippen molar-refractivity contribution in [2.45, 2.75) is 6.42 Å². The van der Waals surface area contributed by atoms with E-state index in [0.29, 0.717) is 5.76 Å². The first-order valence-electron chi connectivity index (χ1n) is 4.44. The summed E-state index contributed by atoms with van der Waals surface area (Å²) < 4.78 is 5.68. The van der Waals surface area contributed by atoms with Gasteiger partial charge in [-0.15, -0.1) is 0 Å². The van der Waals surface area contributed by atoms with Crippen molar-refractivity contribution in [3.63, 3.8) is 0 Å². The Kier molecular flexibility index (Phi) is 2.97. The summed E-state index contributed by atoms with van der Waals surface area (Å²) in [4.78, 5) is 15.1. The minimum absolute atomic E-state index is 0.253. The van der Waals surface area contributed by atoms with Gasteiger partial charge in [0.25, 0.3) is 0 Å². The maximum atomic E-state index is 10.9. The van der Waals surface area contributed by atoms with E-state index in [1.54, 1.807) is 6.21 Å². The van der Waals surface area contributed by atoms with Gasteiger partial charge >= 0.3 is 5.97 Å². The first kappa shape index (κ1) is 10.1. The fourth-order valence-electron chi connectivity index (χ4n) is 1.17. The van der Waals surface area contributed by atoms with Gasteiger partial charge in [0.2, 0.25) is 0 Å². The van der Waals surface area contributed by atoms with Gasteiger partial charge < -0.3 is 4.74 Å². The molecule has 0 saturated heterocycles. The summed E-state index contributed by atoms with van der Waals surface area (Å²) >= 11 is 3.26. The lowest BCUT2D eigenvalue weighted by atomic mass is 10.3. The molecular weight excluding hydrogens is 258 g/mol. The standard InChI is InChI=1S/C11H8BrNO2/c12-9-6-11(14)15-10(9)7-13-8-4-2-1-3-5-8/h1-5,7H,6H2. The van der Waals surface area contributed by atoms with Gasteiger partial charge in [-0.1, -0.05) is 34.1 Å². The second kappa shape index (κ2) is 4.40. The molecule has 0 N–H and O–H groups in total. The van der Waals surface area contributed by atoms with Crippen molar-refractivity contribution < 1.29 is 9.53 Å². The first-order chi connectivity index (χ1) is 7.25. The molecule has 15 heavy (non-hydrogen) atoms. The molecule has 1 aromatic rings. The number of rotatable bonds is 2. The van der Waals surface area contributed by atoms with Crippen LogP contribution in [0, 0.1) is 0 Å². The lowest BCUT2D eigenvalue weighted by molar-refractivity contribution is -0.135. The molecule has 0 atom stereocenters. The number of hydrogen-bond acceptors (Lipinski definition) is 3. The van der Waals surface area contributed by atoms with Gasteiger partial charge in [0, 0.05) is 0 Å². The summed E-state index contributed by atoms with van der Waals surface area (Å²) in [5, 5.41) is 0. The van der Waals surface area contributed by atoms with Crippen LogP contribution < -0.4 is 0 Å². The summed E-state index contributed by atoms with van der Waals surface area (Å²) in [5.41, 5.74) is 0.827. The van der Waals surface area contributed by atoms with Crippen LogP contribution in [0.1, 0.15) is 6.42 Å². The number of carbonyl (C=O) groups excluding carboxylic acids is 1. The largest absolute Gasteiger partial charge is 0.424 e. The van der Waals surface area contributed by atoms with Crippen molar-refractivity contribution >= 4 is 33.8 Å². The lowest BCUT2D eigenvalue weighted by Gasteiger charge is -1.94. The Balaban J connectivity index is 2.13.